The molecule has 0 bridgehead atoms. The van der Waals surface area contributed by atoms with Crippen LogP contribution in [0.25, 0.3) is 0 Å². The fourth-order valence-electron chi connectivity index (χ4n) is 1.82. The van der Waals surface area contributed by atoms with Crippen LogP contribution in [-0.2, 0) is 6.54 Å². The van der Waals surface area contributed by atoms with Crippen molar-refractivity contribution in [2.24, 2.45) is 0 Å². The molecule has 1 N–H and O–H groups in total. The summed E-state index contributed by atoms with van der Waals surface area (Å²) in [5, 5.41) is 6.17. The molecule has 0 saturated heterocycles. The minimum atomic E-state index is -0.756. The Morgan fingerprint density at radius 2 is 2.05 bits per heavy atom. The maximum absolute atomic E-state index is 13.5. The molecule has 0 saturated carbocycles. The van der Waals surface area contributed by atoms with Crippen molar-refractivity contribution >= 4 is 11.6 Å². The Morgan fingerprint density at radius 3 is 2.77 bits per heavy atom. The van der Waals surface area contributed by atoms with Crippen molar-refractivity contribution < 1.29 is 13.6 Å². The highest BCUT2D eigenvalue weighted by Gasteiger charge is 2.13. The van der Waals surface area contributed by atoms with E-state index in [-0.39, 0.29) is 16.9 Å². The Kier molecular flexibility index (Phi) is 4.98. The molecule has 1 aromatic heterocycles. The molecule has 7 heteroatoms. The summed E-state index contributed by atoms with van der Waals surface area (Å²) >= 11 is 0. The normalized spacial score (nSPS) is 10.5. The van der Waals surface area contributed by atoms with Crippen molar-refractivity contribution in [3.63, 3.8) is 0 Å². The molecule has 0 radical (unpaired) electrons. The van der Waals surface area contributed by atoms with Gasteiger partial charge in [-0.2, -0.15) is 5.10 Å². The lowest BCUT2D eigenvalue weighted by atomic mass is 10.2. The van der Waals surface area contributed by atoms with Gasteiger partial charge in [0.15, 0.2) is 0 Å². The number of unbranched alkanes of at least 4 members (excludes halogenated alkanes) is 1. The zero-order valence-electron chi connectivity index (χ0n) is 12.0. The molecule has 1 aromatic carbocycles. The van der Waals surface area contributed by atoms with Gasteiger partial charge in [0.25, 0.3) is 11.5 Å². The van der Waals surface area contributed by atoms with E-state index >= 15 is 0 Å². The van der Waals surface area contributed by atoms with Gasteiger partial charge in [0.05, 0.1) is 5.69 Å². The van der Waals surface area contributed by atoms with Crippen molar-refractivity contribution in [1.29, 1.82) is 0 Å². The minimum absolute atomic E-state index is 0.0423. The molecule has 22 heavy (non-hydrogen) atoms. The van der Waals surface area contributed by atoms with Crippen LogP contribution in [-0.4, -0.2) is 15.7 Å². The molecular weight excluding hydrogens is 292 g/mol. The highest BCUT2D eigenvalue weighted by molar-refractivity contribution is 6.02. The smallest absolute Gasteiger partial charge is 0.276 e. The summed E-state index contributed by atoms with van der Waals surface area (Å²) in [5.74, 6) is -2.14. The van der Waals surface area contributed by atoms with Crippen LogP contribution >= 0.6 is 0 Å². The van der Waals surface area contributed by atoms with Crippen molar-refractivity contribution in [2.45, 2.75) is 26.3 Å². The molecule has 0 aliphatic rings. The molecule has 5 nitrogen and oxygen atoms in total. The van der Waals surface area contributed by atoms with E-state index in [9.17, 15) is 18.4 Å². The first-order valence-corrected chi connectivity index (χ1v) is 6.86. The third-order valence-corrected chi connectivity index (χ3v) is 3.00. The minimum Gasteiger partial charge on any atom is -0.318 e. The average Bonchev–Trinajstić information content (AvgIpc) is 2.50. The van der Waals surface area contributed by atoms with Crippen LogP contribution < -0.4 is 10.9 Å². The predicted molar refractivity (Wildman–Crippen MR) is 77.7 cm³/mol. The maximum Gasteiger partial charge on any atom is 0.276 e. The van der Waals surface area contributed by atoms with E-state index < -0.39 is 17.5 Å². The number of aromatic nitrogens is 2. The zero-order chi connectivity index (χ0) is 16.1. The van der Waals surface area contributed by atoms with E-state index in [0.29, 0.717) is 6.54 Å². The Hall–Kier alpha value is -2.57. The number of hydrogen-bond donors (Lipinski definition) is 1. The van der Waals surface area contributed by atoms with Gasteiger partial charge in [-0.15, -0.1) is 0 Å². The van der Waals surface area contributed by atoms with Crippen LogP contribution in [0.3, 0.4) is 0 Å². The number of anilines is 1. The Morgan fingerprint density at radius 1 is 1.27 bits per heavy atom. The summed E-state index contributed by atoms with van der Waals surface area (Å²) in [6.45, 7) is 2.36. The number of aryl methyl sites for hydroxylation is 1. The fourth-order valence-corrected chi connectivity index (χ4v) is 1.82. The van der Waals surface area contributed by atoms with Gasteiger partial charge in [-0.05, 0) is 24.6 Å². The van der Waals surface area contributed by atoms with Crippen molar-refractivity contribution in [3.8, 4) is 0 Å². The zero-order valence-corrected chi connectivity index (χ0v) is 12.0. The number of benzene rings is 1. The van der Waals surface area contributed by atoms with Gasteiger partial charge < -0.3 is 5.32 Å². The number of nitrogens with zero attached hydrogens (tertiary/aromatic N) is 2. The molecule has 2 rings (SSSR count). The molecule has 2 aromatic rings. The lowest BCUT2D eigenvalue weighted by Gasteiger charge is -2.08. The van der Waals surface area contributed by atoms with E-state index in [1.807, 2.05) is 6.92 Å². The third kappa shape index (κ3) is 3.75. The van der Waals surface area contributed by atoms with E-state index in [4.69, 9.17) is 0 Å². The van der Waals surface area contributed by atoms with Crippen molar-refractivity contribution in [3.05, 3.63) is 58.0 Å². The maximum atomic E-state index is 13.5. The molecule has 116 valence electrons. The molecule has 0 unspecified atom stereocenters. The summed E-state index contributed by atoms with van der Waals surface area (Å²) in [4.78, 5) is 23.7. The number of hydrogen-bond acceptors (Lipinski definition) is 3. The quantitative estimate of drug-likeness (QED) is 0.923. The Labute approximate surface area is 125 Å². The number of rotatable bonds is 5. The third-order valence-electron chi connectivity index (χ3n) is 3.00. The molecule has 0 aliphatic heterocycles. The second kappa shape index (κ2) is 6.93. The van der Waals surface area contributed by atoms with Crippen LogP contribution in [0.2, 0.25) is 0 Å². The molecule has 1 amide bonds. The van der Waals surface area contributed by atoms with Gasteiger partial charge in [-0.1, -0.05) is 13.3 Å². The van der Waals surface area contributed by atoms with E-state index in [2.05, 4.69) is 10.4 Å². The number of carbonyl (C=O) groups is 1. The van der Waals surface area contributed by atoms with Crippen LogP contribution in [0, 0.1) is 11.6 Å². The highest BCUT2D eigenvalue weighted by atomic mass is 19.1. The lowest BCUT2D eigenvalue weighted by Crippen LogP contribution is -2.26. The number of carbonyl (C=O) groups excluding carboxylic acids is 1. The standard InChI is InChI=1S/C15H15F2N3O2/c1-2-3-8-20-14(21)7-6-12(19-20)15(22)18-13-9-10(16)4-5-11(13)17/h4-7,9H,2-3,8H2,1H3,(H,18,22). The largest absolute Gasteiger partial charge is 0.318 e. The molecule has 1 heterocycles. The second-order valence-corrected chi connectivity index (χ2v) is 4.71. The second-order valence-electron chi connectivity index (χ2n) is 4.71. The van der Waals surface area contributed by atoms with Crippen LogP contribution in [0.1, 0.15) is 30.3 Å². The molecule has 0 aliphatic carbocycles. The Bertz CT molecular complexity index is 744. The first kappa shape index (κ1) is 15.8. The van der Waals surface area contributed by atoms with E-state index in [1.165, 1.54) is 16.8 Å². The van der Waals surface area contributed by atoms with Gasteiger partial charge >= 0.3 is 0 Å². The summed E-state index contributed by atoms with van der Waals surface area (Å²) < 4.78 is 27.8. The van der Waals surface area contributed by atoms with Crippen LogP contribution in [0.5, 0.6) is 0 Å². The van der Waals surface area contributed by atoms with Crippen molar-refractivity contribution in [1.82, 2.24) is 9.78 Å². The first-order chi connectivity index (χ1) is 10.5. The van der Waals surface area contributed by atoms with E-state index in [0.717, 1.165) is 31.0 Å². The average molecular weight is 307 g/mol. The summed E-state index contributed by atoms with van der Waals surface area (Å²) in [6, 6.07) is 5.21. The number of nitrogens with one attached hydrogen (secondary N) is 1. The number of halogens is 2. The first-order valence-electron chi connectivity index (χ1n) is 6.86. The molecule has 0 spiro atoms. The highest BCUT2D eigenvalue weighted by Crippen LogP contribution is 2.15. The van der Waals surface area contributed by atoms with Gasteiger partial charge in [0.2, 0.25) is 0 Å². The molecule has 0 fully saturated rings. The van der Waals surface area contributed by atoms with Crippen molar-refractivity contribution in [2.75, 3.05) is 5.32 Å². The van der Waals surface area contributed by atoms with E-state index in [1.54, 1.807) is 0 Å². The van der Waals surface area contributed by atoms with Gasteiger partial charge in [-0.3, -0.25) is 9.59 Å². The summed E-state index contributed by atoms with van der Waals surface area (Å²) in [5.41, 5.74) is -0.639. The predicted octanol–water partition coefficient (Wildman–Crippen LogP) is 2.57. The summed E-state index contributed by atoms with van der Waals surface area (Å²) in [6.07, 6.45) is 1.62. The molecular formula is C15H15F2N3O2. The lowest BCUT2D eigenvalue weighted by molar-refractivity contribution is 0.101. The van der Waals surface area contributed by atoms with Crippen LogP contribution in [0.15, 0.2) is 35.1 Å². The topological polar surface area (TPSA) is 64.0 Å². The monoisotopic (exact) mass is 307 g/mol. The fraction of sp³-hybridized carbons (Fsp3) is 0.267. The summed E-state index contributed by atoms with van der Waals surface area (Å²) in [7, 11) is 0. The van der Waals surface area contributed by atoms with Gasteiger partial charge in [-0.25, -0.2) is 13.5 Å². The Balaban J connectivity index is 2.22. The molecule has 0 atom stereocenters. The van der Waals surface area contributed by atoms with Gasteiger partial charge in [0, 0.05) is 18.7 Å². The van der Waals surface area contributed by atoms with Gasteiger partial charge in [0.1, 0.15) is 17.3 Å². The van der Waals surface area contributed by atoms with Crippen LogP contribution in [0.4, 0.5) is 14.5 Å². The number of amides is 1. The SMILES string of the molecule is CCCCn1nc(C(=O)Nc2cc(F)ccc2F)ccc1=O.